The molecule has 100 valence electrons. The first-order chi connectivity index (χ1) is 9.75. The predicted octanol–water partition coefficient (Wildman–Crippen LogP) is 4.79. The van der Waals surface area contributed by atoms with Crippen molar-refractivity contribution in [2.75, 3.05) is 0 Å². The van der Waals surface area contributed by atoms with Crippen LogP contribution < -0.4 is 0 Å². The molecule has 0 saturated heterocycles. The van der Waals surface area contributed by atoms with Crippen LogP contribution in [0.2, 0.25) is 0 Å². The highest BCUT2D eigenvalue weighted by Gasteiger charge is 2.17. The van der Waals surface area contributed by atoms with E-state index in [2.05, 4.69) is 15.9 Å². The van der Waals surface area contributed by atoms with Crippen molar-refractivity contribution in [3.8, 4) is 11.3 Å². The molecule has 0 radical (unpaired) electrons. The fourth-order valence-corrected chi connectivity index (χ4v) is 2.61. The zero-order valence-electron chi connectivity index (χ0n) is 10.7. The molecule has 1 heterocycles. The van der Waals surface area contributed by atoms with E-state index in [9.17, 15) is 5.11 Å². The van der Waals surface area contributed by atoms with E-state index in [4.69, 9.17) is 4.42 Å². The second-order valence-corrected chi connectivity index (χ2v) is 5.44. The molecule has 0 amide bonds. The summed E-state index contributed by atoms with van der Waals surface area (Å²) in [5, 5.41) is 10.6. The Kier molecular flexibility index (Phi) is 3.72. The van der Waals surface area contributed by atoms with Gasteiger partial charge in [-0.3, -0.25) is 0 Å². The van der Waals surface area contributed by atoms with Gasteiger partial charge < -0.3 is 9.52 Å². The van der Waals surface area contributed by atoms with Crippen LogP contribution in [-0.2, 0) is 0 Å². The first kappa shape index (κ1) is 13.2. The zero-order valence-corrected chi connectivity index (χ0v) is 12.2. The van der Waals surface area contributed by atoms with Gasteiger partial charge in [-0.2, -0.15) is 0 Å². The number of aliphatic hydroxyl groups excluding tert-OH is 1. The zero-order chi connectivity index (χ0) is 13.9. The predicted molar refractivity (Wildman–Crippen MR) is 82.3 cm³/mol. The molecule has 1 N–H and O–H groups in total. The number of hydrogen-bond acceptors (Lipinski definition) is 2. The number of furan rings is 1. The molecule has 0 aliphatic carbocycles. The van der Waals surface area contributed by atoms with Gasteiger partial charge in [0, 0.05) is 10.0 Å². The van der Waals surface area contributed by atoms with Gasteiger partial charge in [-0.15, -0.1) is 0 Å². The van der Waals surface area contributed by atoms with Crippen molar-refractivity contribution in [1.29, 1.82) is 0 Å². The van der Waals surface area contributed by atoms with Crippen LogP contribution in [0.15, 0.2) is 75.8 Å². The standard InChI is InChI=1S/C17H13BrO2/c18-13-8-9-14(16-7-4-10-20-16)15(11-13)17(19)12-5-2-1-3-6-12/h1-11,17,19H. The maximum absolute atomic E-state index is 10.6. The van der Waals surface area contributed by atoms with E-state index in [1.807, 2.05) is 60.7 Å². The smallest absolute Gasteiger partial charge is 0.134 e. The van der Waals surface area contributed by atoms with E-state index in [0.29, 0.717) is 0 Å². The molecule has 1 aromatic heterocycles. The first-order valence-corrected chi connectivity index (χ1v) is 7.11. The number of halogens is 1. The second kappa shape index (κ2) is 5.65. The van der Waals surface area contributed by atoms with Crippen LogP contribution in [0.3, 0.4) is 0 Å². The Morgan fingerprint density at radius 2 is 1.75 bits per heavy atom. The molecule has 0 aliphatic rings. The topological polar surface area (TPSA) is 33.4 Å². The number of aliphatic hydroxyl groups is 1. The van der Waals surface area contributed by atoms with Gasteiger partial charge in [-0.1, -0.05) is 46.3 Å². The van der Waals surface area contributed by atoms with Crippen LogP contribution in [0.4, 0.5) is 0 Å². The summed E-state index contributed by atoms with van der Waals surface area (Å²) in [4.78, 5) is 0. The van der Waals surface area contributed by atoms with E-state index in [1.54, 1.807) is 6.26 Å². The van der Waals surface area contributed by atoms with Crippen molar-refractivity contribution in [2.45, 2.75) is 6.10 Å². The van der Waals surface area contributed by atoms with Gasteiger partial charge in [0.25, 0.3) is 0 Å². The average molecular weight is 329 g/mol. The number of rotatable bonds is 3. The van der Waals surface area contributed by atoms with Gasteiger partial charge in [0.05, 0.1) is 6.26 Å². The fraction of sp³-hybridized carbons (Fsp3) is 0.0588. The third kappa shape index (κ3) is 2.55. The van der Waals surface area contributed by atoms with E-state index in [0.717, 1.165) is 26.9 Å². The first-order valence-electron chi connectivity index (χ1n) is 6.32. The second-order valence-electron chi connectivity index (χ2n) is 4.52. The third-order valence-electron chi connectivity index (χ3n) is 3.21. The Labute approximate surface area is 125 Å². The Bertz CT molecular complexity index is 690. The summed E-state index contributed by atoms with van der Waals surface area (Å²) in [7, 11) is 0. The van der Waals surface area contributed by atoms with Crippen molar-refractivity contribution < 1.29 is 9.52 Å². The van der Waals surface area contributed by atoms with Crippen LogP contribution in [-0.4, -0.2) is 5.11 Å². The Hall–Kier alpha value is -1.84. The van der Waals surface area contributed by atoms with Crippen LogP contribution in [0.25, 0.3) is 11.3 Å². The van der Waals surface area contributed by atoms with E-state index < -0.39 is 6.10 Å². The van der Waals surface area contributed by atoms with Crippen LogP contribution in [0.5, 0.6) is 0 Å². The lowest BCUT2D eigenvalue weighted by Gasteiger charge is -2.15. The van der Waals surface area contributed by atoms with Crippen LogP contribution in [0, 0.1) is 0 Å². The molecule has 1 atom stereocenters. The van der Waals surface area contributed by atoms with Crippen LogP contribution in [0.1, 0.15) is 17.2 Å². The normalized spacial score (nSPS) is 12.3. The van der Waals surface area contributed by atoms with Gasteiger partial charge >= 0.3 is 0 Å². The highest BCUT2D eigenvalue weighted by Crippen LogP contribution is 2.34. The molecule has 2 nitrogen and oxygen atoms in total. The summed E-state index contributed by atoms with van der Waals surface area (Å²) in [6.45, 7) is 0. The van der Waals surface area contributed by atoms with Gasteiger partial charge in [-0.05, 0) is 41.5 Å². The van der Waals surface area contributed by atoms with Crippen molar-refractivity contribution in [1.82, 2.24) is 0 Å². The van der Waals surface area contributed by atoms with E-state index in [-0.39, 0.29) is 0 Å². The maximum Gasteiger partial charge on any atom is 0.134 e. The molecule has 1 unspecified atom stereocenters. The SMILES string of the molecule is OC(c1ccccc1)c1cc(Br)ccc1-c1ccco1. The van der Waals surface area contributed by atoms with Crippen LogP contribution >= 0.6 is 15.9 Å². The molecule has 20 heavy (non-hydrogen) atoms. The number of benzene rings is 2. The molecule has 0 fully saturated rings. The quantitative estimate of drug-likeness (QED) is 0.749. The summed E-state index contributed by atoms with van der Waals surface area (Å²) in [6.07, 6.45) is 0.949. The average Bonchev–Trinajstić information content (AvgIpc) is 3.01. The largest absolute Gasteiger partial charge is 0.464 e. The Morgan fingerprint density at radius 3 is 2.45 bits per heavy atom. The van der Waals surface area contributed by atoms with Crippen molar-refractivity contribution >= 4 is 15.9 Å². The highest BCUT2D eigenvalue weighted by molar-refractivity contribution is 9.10. The molecular formula is C17H13BrO2. The lowest BCUT2D eigenvalue weighted by Crippen LogP contribution is -2.01. The van der Waals surface area contributed by atoms with Crippen molar-refractivity contribution in [2.24, 2.45) is 0 Å². The lowest BCUT2D eigenvalue weighted by atomic mass is 9.96. The Balaban J connectivity index is 2.11. The van der Waals surface area contributed by atoms with Gasteiger partial charge in [0.1, 0.15) is 11.9 Å². The summed E-state index contributed by atoms with van der Waals surface area (Å²) in [5.74, 6) is 0.752. The molecule has 2 aromatic carbocycles. The molecule has 3 aromatic rings. The number of hydrogen-bond donors (Lipinski definition) is 1. The molecule has 3 heteroatoms. The molecular weight excluding hydrogens is 316 g/mol. The minimum atomic E-state index is -0.686. The maximum atomic E-state index is 10.6. The molecule has 0 spiro atoms. The molecule has 0 bridgehead atoms. The lowest BCUT2D eigenvalue weighted by molar-refractivity contribution is 0.220. The van der Waals surface area contributed by atoms with E-state index >= 15 is 0 Å². The summed E-state index contributed by atoms with van der Waals surface area (Å²) >= 11 is 3.46. The minimum Gasteiger partial charge on any atom is -0.464 e. The van der Waals surface area contributed by atoms with Crippen molar-refractivity contribution in [3.05, 3.63) is 82.5 Å². The van der Waals surface area contributed by atoms with E-state index in [1.165, 1.54) is 0 Å². The summed E-state index contributed by atoms with van der Waals surface area (Å²) in [6, 6.07) is 19.2. The fourth-order valence-electron chi connectivity index (χ4n) is 2.23. The molecule has 3 rings (SSSR count). The summed E-state index contributed by atoms with van der Waals surface area (Å²) < 4.78 is 6.39. The molecule has 0 aliphatic heterocycles. The minimum absolute atomic E-state index is 0.686. The van der Waals surface area contributed by atoms with Gasteiger partial charge in [0.2, 0.25) is 0 Å². The third-order valence-corrected chi connectivity index (χ3v) is 3.70. The Morgan fingerprint density at radius 1 is 0.950 bits per heavy atom. The monoisotopic (exact) mass is 328 g/mol. The van der Waals surface area contributed by atoms with Gasteiger partial charge in [-0.25, -0.2) is 0 Å². The highest BCUT2D eigenvalue weighted by atomic mass is 79.9. The van der Waals surface area contributed by atoms with Crippen molar-refractivity contribution in [3.63, 3.8) is 0 Å². The summed E-state index contributed by atoms with van der Waals surface area (Å²) in [5.41, 5.74) is 2.58. The molecule has 0 saturated carbocycles. The van der Waals surface area contributed by atoms with Gasteiger partial charge in [0.15, 0.2) is 0 Å².